The molecule has 0 unspecified atom stereocenters. The van der Waals surface area contributed by atoms with E-state index in [1.807, 2.05) is 6.07 Å². The summed E-state index contributed by atoms with van der Waals surface area (Å²) in [6.45, 7) is 8.10. The number of halogens is 1. The molecule has 0 radical (unpaired) electrons. The van der Waals surface area contributed by atoms with Crippen molar-refractivity contribution in [2.75, 3.05) is 19.6 Å². The van der Waals surface area contributed by atoms with E-state index in [9.17, 15) is 0 Å². The second kappa shape index (κ2) is 5.70. The van der Waals surface area contributed by atoms with Gasteiger partial charge >= 0.3 is 0 Å². The molecule has 2 aromatic heterocycles. The summed E-state index contributed by atoms with van der Waals surface area (Å²) in [5.74, 6) is 0.741. The average Bonchev–Trinajstić information content (AvgIpc) is 2.84. The van der Waals surface area contributed by atoms with Crippen molar-refractivity contribution in [3.05, 3.63) is 23.7 Å². The molecule has 3 rings (SSSR count). The molecule has 0 saturated carbocycles. The molecule has 1 saturated heterocycles. The minimum atomic E-state index is 0.530. The molecule has 1 fully saturated rings. The minimum absolute atomic E-state index is 0.530. The number of piperidine rings is 1. The maximum absolute atomic E-state index is 6.12. The Kier molecular flexibility index (Phi) is 3.94. The fourth-order valence-corrected chi connectivity index (χ4v) is 3.32. The second-order valence-corrected chi connectivity index (χ2v) is 6.41. The van der Waals surface area contributed by atoms with Crippen LogP contribution < -0.4 is 0 Å². The van der Waals surface area contributed by atoms with Crippen molar-refractivity contribution in [3.8, 4) is 0 Å². The van der Waals surface area contributed by atoms with Gasteiger partial charge in [0.1, 0.15) is 17.1 Å². The first-order valence-electron chi connectivity index (χ1n) is 7.34. The third-order valence-electron chi connectivity index (χ3n) is 4.03. The lowest BCUT2D eigenvalue weighted by molar-refractivity contribution is 0.171. The highest BCUT2D eigenvalue weighted by molar-refractivity contribution is 6.33. The summed E-state index contributed by atoms with van der Waals surface area (Å²) in [7, 11) is 0. The van der Waals surface area contributed by atoms with E-state index >= 15 is 0 Å². The van der Waals surface area contributed by atoms with E-state index in [1.54, 1.807) is 6.33 Å². The Morgan fingerprint density at radius 3 is 2.75 bits per heavy atom. The molecule has 0 aliphatic carbocycles. The van der Waals surface area contributed by atoms with Crippen molar-refractivity contribution in [2.45, 2.75) is 32.7 Å². The van der Waals surface area contributed by atoms with Crippen LogP contribution in [0.2, 0.25) is 5.15 Å². The van der Waals surface area contributed by atoms with Crippen LogP contribution in [-0.2, 0) is 0 Å². The Hall–Kier alpha value is -1.13. The molecular weight excluding hydrogens is 272 g/mol. The monoisotopic (exact) mass is 292 g/mol. The van der Waals surface area contributed by atoms with Crippen LogP contribution in [-0.4, -0.2) is 39.1 Å². The molecule has 0 amide bonds. The molecule has 2 aromatic rings. The topological polar surface area (TPSA) is 34.0 Å². The van der Waals surface area contributed by atoms with Gasteiger partial charge < -0.3 is 9.47 Å². The van der Waals surface area contributed by atoms with Crippen molar-refractivity contribution in [3.63, 3.8) is 0 Å². The van der Waals surface area contributed by atoms with Crippen LogP contribution in [0.15, 0.2) is 18.6 Å². The predicted octanol–water partition coefficient (Wildman–Crippen LogP) is 3.38. The van der Waals surface area contributed by atoms with Crippen LogP contribution in [0.4, 0.5) is 0 Å². The summed E-state index contributed by atoms with van der Waals surface area (Å²) in [6.07, 6.45) is 6.01. The zero-order valence-corrected chi connectivity index (χ0v) is 12.8. The van der Waals surface area contributed by atoms with Crippen LogP contribution >= 0.6 is 11.6 Å². The van der Waals surface area contributed by atoms with Gasteiger partial charge in [0.05, 0.1) is 5.39 Å². The van der Waals surface area contributed by atoms with E-state index in [4.69, 9.17) is 11.6 Å². The van der Waals surface area contributed by atoms with Crippen molar-refractivity contribution in [1.29, 1.82) is 0 Å². The van der Waals surface area contributed by atoms with Gasteiger partial charge in [0.15, 0.2) is 0 Å². The Balaban J connectivity index is 1.75. The van der Waals surface area contributed by atoms with Crippen LogP contribution in [0.5, 0.6) is 0 Å². The molecule has 0 atom stereocenters. The lowest BCUT2D eigenvalue weighted by Crippen LogP contribution is -2.36. The van der Waals surface area contributed by atoms with E-state index in [0.29, 0.717) is 11.2 Å². The predicted molar refractivity (Wildman–Crippen MR) is 82.1 cm³/mol. The molecule has 0 N–H and O–H groups in total. The van der Waals surface area contributed by atoms with Gasteiger partial charge in [0.2, 0.25) is 0 Å². The zero-order valence-electron chi connectivity index (χ0n) is 12.1. The molecule has 5 heteroatoms. The number of rotatable bonds is 3. The van der Waals surface area contributed by atoms with Crippen LogP contribution in [0.1, 0.15) is 32.7 Å². The summed E-state index contributed by atoms with van der Waals surface area (Å²) >= 11 is 6.12. The lowest BCUT2D eigenvalue weighted by atomic mass is 10.0. The van der Waals surface area contributed by atoms with Crippen molar-refractivity contribution >= 4 is 22.6 Å². The highest BCUT2D eigenvalue weighted by atomic mass is 35.5. The minimum Gasteiger partial charge on any atom is -0.329 e. The molecule has 0 aromatic carbocycles. The van der Waals surface area contributed by atoms with Crippen LogP contribution in [0.25, 0.3) is 11.0 Å². The number of fused-ring (bicyclic) bond motifs is 1. The van der Waals surface area contributed by atoms with Crippen LogP contribution in [0.3, 0.4) is 0 Å². The van der Waals surface area contributed by atoms with Crippen molar-refractivity contribution < 1.29 is 0 Å². The van der Waals surface area contributed by atoms with E-state index in [-0.39, 0.29) is 0 Å². The lowest BCUT2D eigenvalue weighted by Gasteiger charge is -2.33. The molecule has 20 heavy (non-hydrogen) atoms. The normalized spacial score (nSPS) is 18.2. The Morgan fingerprint density at radius 2 is 2.05 bits per heavy atom. The summed E-state index contributed by atoms with van der Waals surface area (Å²) in [5.41, 5.74) is 0.965. The van der Waals surface area contributed by atoms with Gasteiger partial charge in [-0.25, -0.2) is 9.97 Å². The van der Waals surface area contributed by atoms with Crippen molar-refractivity contribution in [2.24, 2.45) is 5.92 Å². The Morgan fingerprint density at radius 1 is 1.30 bits per heavy atom. The number of hydrogen-bond donors (Lipinski definition) is 0. The average molecular weight is 293 g/mol. The van der Waals surface area contributed by atoms with E-state index in [0.717, 1.165) is 17.0 Å². The van der Waals surface area contributed by atoms with Gasteiger partial charge in [-0.15, -0.1) is 0 Å². The van der Waals surface area contributed by atoms with Crippen LogP contribution in [0, 0.1) is 5.92 Å². The van der Waals surface area contributed by atoms with E-state index in [2.05, 4.69) is 39.5 Å². The number of likely N-dealkylation sites (tertiary alicyclic amines) is 1. The van der Waals surface area contributed by atoms with Gasteiger partial charge in [-0.3, -0.25) is 0 Å². The molecular formula is C15H21ClN4. The summed E-state index contributed by atoms with van der Waals surface area (Å²) < 4.78 is 2.27. The number of aromatic nitrogens is 3. The van der Waals surface area contributed by atoms with E-state index < -0.39 is 0 Å². The molecule has 0 bridgehead atoms. The maximum Gasteiger partial charge on any atom is 0.145 e. The van der Waals surface area contributed by atoms with Gasteiger partial charge in [0.25, 0.3) is 0 Å². The number of nitrogens with zero attached hydrogens (tertiary/aromatic N) is 4. The highest BCUT2D eigenvalue weighted by Gasteiger charge is 2.22. The molecule has 0 spiro atoms. The van der Waals surface area contributed by atoms with Gasteiger partial charge in [-0.2, -0.15) is 0 Å². The number of hydrogen-bond acceptors (Lipinski definition) is 3. The molecule has 1 aliphatic rings. The smallest absolute Gasteiger partial charge is 0.145 e. The first-order valence-corrected chi connectivity index (χ1v) is 7.72. The van der Waals surface area contributed by atoms with E-state index in [1.165, 1.54) is 32.5 Å². The SMILES string of the molecule is CC(C)CN1CCC(n2ccc3c(Cl)ncnc32)CC1. The summed E-state index contributed by atoms with van der Waals surface area (Å²) in [6, 6.07) is 2.56. The first kappa shape index (κ1) is 13.8. The zero-order chi connectivity index (χ0) is 14.1. The Labute approximate surface area is 124 Å². The molecule has 108 valence electrons. The standard InChI is InChI=1S/C15H21ClN4/c1-11(2)9-19-6-3-12(4-7-19)20-8-5-13-14(16)17-10-18-15(13)20/h5,8,10-12H,3-4,6-7,9H2,1-2H3. The van der Waals surface area contributed by atoms with Gasteiger partial charge in [0, 0.05) is 31.9 Å². The fraction of sp³-hybridized carbons (Fsp3) is 0.600. The largest absolute Gasteiger partial charge is 0.329 e. The van der Waals surface area contributed by atoms with Gasteiger partial charge in [-0.1, -0.05) is 25.4 Å². The third kappa shape index (κ3) is 2.67. The quantitative estimate of drug-likeness (QED) is 0.813. The third-order valence-corrected chi connectivity index (χ3v) is 4.34. The summed E-state index contributed by atoms with van der Waals surface area (Å²) in [4.78, 5) is 11.0. The summed E-state index contributed by atoms with van der Waals surface area (Å²) in [5, 5.41) is 1.50. The highest BCUT2D eigenvalue weighted by Crippen LogP contribution is 2.28. The first-order chi connectivity index (χ1) is 9.65. The van der Waals surface area contributed by atoms with Gasteiger partial charge in [-0.05, 0) is 24.8 Å². The Bertz CT molecular complexity index is 585. The molecule has 3 heterocycles. The van der Waals surface area contributed by atoms with Crippen molar-refractivity contribution in [1.82, 2.24) is 19.4 Å². The second-order valence-electron chi connectivity index (χ2n) is 6.05. The fourth-order valence-electron chi connectivity index (χ4n) is 3.13. The molecule has 1 aliphatic heterocycles. The molecule has 4 nitrogen and oxygen atoms in total. The maximum atomic E-state index is 6.12.